The molecular weight excluding hydrogens is 220 g/mol. The minimum absolute atomic E-state index is 0.0578. The molecule has 1 rings (SSSR count). The number of aliphatic carboxylic acids is 1. The summed E-state index contributed by atoms with van der Waals surface area (Å²) in [5.74, 6) is 1.27. The lowest BCUT2D eigenvalue weighted by Crippen LogP contribution is -2.45. The highest BCUT2D eigenvalue weighted by Gasteiger charge is 2.28. The quantitative estimate of drug-likeness (QED) is 0.718. The number of terminal acetylenes is 1. The molecule has 94 valence electrons. The van der Waals surface area contributed by atoms with Gasteiger partial charge in [-0.05, 0) is 19.3 Å². The van der Waals surface area contributed by atoms with Crippen LogP contribution in [0.15, 0.2) is 0 Å². The second-order valence-electron chi connectivity index (χ2n) is 4.41. The van der Waals surface area contributed by atoms with Crippen LogP contribution in [0.1, 0.15) is 25.7 Å². The Kier molecular flexibility index (Phi) is 4.83. The van der Waals surface area contributed by atoms with Gasteiger partial charge in [-0.1, -0.05) is 12.3 Å². The van der Waals surface area contributed by atoms with E-state index >= 15 is 0 Å². The maximum atomic E-state index is 11.6. The van der Waals surface area contributed by atoms with E-state index in [1.165, 1.54) is 4.90 Å². The normalized spacial score (nSPS) is 23.5. The highest BCUT2D eigenvalue weighted by Crippen LogP contribution is 2.24. The van der Waals surface area contributed by atoms with Gasteiger partial charge in [0.15, 0.2) is 0 Å². The first-order valence-corrected chi connectivity index (χ1v) is 5.72. The number of carbonyl (C=O) groups is 2. The number of carbonyl (C=O) groups excluding carboxylic acids is 1. The number of amides is 2. The van der Waals surface area contributed by atoms with Gasteiger partial charge < -0.3 is 15.3 Å². The summed E-state index contributed by atoms with van der Waals surface area (Å²) < 4.78 is 0. The Morgan fingerprint density at radius 3 is 2.82 bits per heavy atom. The second kappa shape index (κ2) is 6.14. The number of urea groups is 1. The number of carboxylic acids is 1. The van der Waals surface area contributed by atoms with Crippen LogP contribution in [-0.2, 0) is 4.79 Å². The van der Waals surface area contributed by atoms with E-state index in [1.54, 1.807) is 7.05 Å². The SMILES string of the molecule is C#CCN(C)C(=O)NC1CCCC(C(=O)O)C1. The van der Waals surface area contributed by atoms with E-state index in [2.05, 4.69) is 11.2 Å². The molecule has 0 aromatic heterocycles. The van der Waals surface area contributed by atoms with Crippen LogP contribution in [0.2, 0.25) is 0 Å². The topological polar surface area (TPSA) is 69.6 Å². The molecule has 17 heavy (non-hydrogen) atoms. The van der Waals surface area contributed by atoms with E-state index in [0.29, 0.717) is 12.8 Å². The van der Waals surface area contributed by atoms with Gasteiger partial charge in [0.25, 0.3) is 0 Å². The summed E-state index contributed by atoms with van der Waals surface area (Å²) in [7, 11) is 1.62. The summed E-state index contributed by atoms with van der Waals surface area (Å²) in [5, 5.41) is 11.8. The van der Waals surface area contributed by atoms with Gasteiger partial charge in [-0.2, -0.15) is 0 Å². The number of hydrogen-bond acceptors (Lipinski definition) is 2. The highest BCUT2D eigenvalue weighted by molar-refractivity contribution is 5.75. The summed E-state index contributed by atoms with van der Waals surface area (Å²) in [4.78, 5) is 23.9. The molecule has 1 aliphatic carbocycles. The maximum Gasteiger partial charge on any atom is 0.318 e. The van der Waals surface area contributed by atoms with Crippen molar-refractivity contribution >= 4 is 12.0 Å². The average Bonchev–Trinajstić information content (AvgIpc) is 2.29. The summed E-state index contributed by atoms with van der Waals surface area (Å²) in [6, 6.07) is -0.295. The molecule has 1 aliphatic rings. The lowest BCUT2D eigenvalue weighted by atomic mass is 9.86. The first-order chi connectivity index (χ1) is 8.04. The van der Waals surface area contributed by atoms with Crippen molar-refractivity contribution in [3.05, 3.63) is 0 Å². The van der Waals surface area contributed by atoms with E-state index in [4.69, 9.17) is 11.5 Å². The van der Waals surface area contributed by atoms with Gasteiger partial charge in [0.2, 0.25) is 0 Å². The minimum Gasteiger partial charge on any atom is -0.481 e. The number of hydrogen-bond donors (Lipinski definition) is 2. The second-order valence-corrected chi connectivity index (χ2v) is 4.41. The van der Waals surface area contributed by atoms with Gasteiger partial charge in [0, 0.05) is 13.1 Å². The zero-order chi connectivity index (χ0) is 12.8. The predicted molar refractivity (Wildman–Crippen MR) is 63.4 cm³/mol. The van der Waals surface area contributed by atoms with Crippen molar-refractivity contribution in [3.63, 3.8) is 0 Å². The van der Waals surface area contributed by atoms with E-state index < -0.39 is 5.97 Å². The maximum absolute atomic E-state index is 11.6. The molecule has 5 heteroatoms. The molecule has 0 radical (unpaired) electrons. The standard InChI is InChI=1S/C12H18N2O3/c1-3-7-14(2)12(17)13-10-6-4-5-9(8-10)11(15)16/h1,9-10H,4-8H2,2H3,(H,13,17)(H,15,16). The van der Waals surface area contributed by atoms with Crippen LogP contribution < -0.4 is 5.32 Å². The summed E-state index contributed by atoms with van der Waals surface area (Å²) in [5.41, 5.74) is 0. The molecule has 0 bridgehead atoms. The largest absolute Gasteiger partial charge is 0.481 e. The van der Waals surface area contributed by atoms with Crippen LogP contribution in [0.25, 0.3) is 0 Å². The Morgan fingerprint density at radius 1 is 1.53 bits per heavy atom. The molecule has 2 unspecified atom stereocenters. The molecule has 1 saturated carbocycles. The Bertz CT molecular complexity index is 335. The third kappa shape index (κ3) is 3.99. The number of rotatable bonds is 3. The highest BCUT2D eigenvalue weighted by atomic mass is 16.4. The van der Waals surface area contributed by atoms with E-state index in [1.807, 2.05) is 0 Å². The fourth-order valence-electron chi connectivity index (χ4n) is 2.04. The molecule has 2 amide bonds. The lowest BCUT2D eigenvalue weighted by Gasteiger charge is -2.28. The van der Waals surface area contributed by atoms with Gasteiger partial charge in [-0.3, -0.25) is 4.79 Å². The van der Waals surface area contributed by atoms with Gasteiger partial charge in [0.1, 0.15) is 0 Å². The van der Waals surface area contributed by atoms with Crippen molar-refractivity contribution in [2.75, 3.05) is 13.6 Å². The van der Waals surface area contributed by atoms with E-state index in [-0.39, 0.29) is 24.5 Å². The molecular formula is C12H18N2O3. The fraction of sp³-hybridized carbons (Fsp3) is 0.667. The van der Waals surface area contributed by atoms with Gasteiger partial charge in [-0.15, -0.1) is 6.42 Å². The van der Waals surface area contributed by atoms with Crippen LogP contribution in [-0.4, -0.2) is 41.6 Å². The van der Waals surface area contributed by atoms with Crippen molar-refractivity contribution < 1.29 is 14.7 Å². The van der Waals surface area contributed by atoms with Crippen LogP contribution in [0.4, 0.5) is 4.79 Å². The molecule has 2 N–H and O–H groups in total. The molecule has 0 heterocycles. The first kappa shape index (κ1) is 13.4. The van der Waals surface area contributed by atoms with Crippen molar-refractivity contribution in [3.8, 4) is 12.3 Å². The Morgan fingerprint density at radius 2 is 2.24 bits per heavy atom. The predicted octanol–water partition coefficient (Wildman–Crippen LogP) is 0.904. The van der Waals surface area contributed by atoms with Crippen molar-refractivity contribution in [1.29, 1.82) is 0 Å². The van der Waals surface area contributed by atoms with Crippen LogP contribution in [0.5, 0.6) is 0 Å². The number of carboxylic acid groups (broad SMARTS) is 1. The molecule has 0 aromatic carbocycles. The van der Waals surface area contributed by atoms with Gasteiger partial charge in [0.05, 0.1) is 12.5 Å². The number of nitrogens with zero attached hydrogens (tertiary/aromatic N) is 1. The Hall–Kier alpha value is -1.70. The van der Waals surface area contributed by atoms with Crippen LogP contribution >= 0.6 is 0 Å². The van der Waals surface area contributed by atoms with Crippen molar-refractivity contribution in [1.82, 2.24) is 10.2 Å². The number of nitrogens with one attached hydrogen (secondary N) is 1. The zero-order valence-corrected chi connectivity index (χ0v) is 9.98. The zero-order valence-electron chi connectivity index (χ0n) is 9.98. The fourth-order valence-corrected chi connectivity index (χ4v) is 2.04. The minimum atomic E-state index is -0.777. The Balaban J connectivity index is 2.44. The lowest BCUT2D eigenvalue weighted by molar-refractivity contribution is -0.143. The Labute approximate surface area is 101 Å². The third-order valence-electron chi connectivity index (χ3n) is 3.03. The average molecular weight is 238 g/mol. The smallest absolute Gasteiger partial charge is 0.318 e. The molecule has 2 atom stereocenters. The van der Waals surface area contributed by atoms with Gasteiger partial charge in [-0.25, -0.2) is 4.79 Å². The monoisotopic (exact) mass is 238 g/mol. The molecule has 0 saturated heterocycles. The summed E-state index contributed by atoms with van der Waals surface area (Å²) in [6.07, 6.45) is 7.98. The van der Waals surface area contributed by atoms with Crippen LogP contribution in [0.3, 0.4) is 0 Å². The van der Waals surface area contributed by atoms with E-state index in [9.17, 15) is 9.59 Å². The van der Waals surface area contributed by atoms with E-state index in [0.717, 1.165) is 12.8 Å². The summed E-state index contributed by atoms with van der Waals surface area (Å²) >= 11 is 0. The molecule has 0 spiro atoms. The first-order valence-electron chi connectivity index (χ1n) is 5.72. The van der Waals surface area contributed by atoms with Gasteiger partial charge >= 0.3 is 12.0 Å². The molecule has 5 nitrogen and oxygen atoms in total. The van der Waals surface area contributed by atoms with Crippen molar-refractivity contribution in [2.24, 2.45) is 5.92 Å². The van der Waals surface area contributed by atoms with Crippen LogP contribution in [0, 0.1) is 18.3 Å². The third-order valence-corrected chi connectivity index (χ3v) is 3.03. The summed E-state index contributed by atoms with van der Waals surface area (Å²) in [6.45, 7) is 0.251. The molecule has 0 aliphatic heterocycles. The molecule has 1 fully saturated rings. The van der Waals surface area contributed by atoms with Crippen molar-refractivity contribution in [2.45, 2.75) is 31.7 Å². The molecule has 0 aromatic rings.